The number of amides is 1. The maximum Gasteiger partial charge on any atom is 0.222 e. The Bertz CT molecular complexity index is 761. The Labute approximate surface area is 142 Å². The summed E-state index contributed by atoms with van der Waals surface area (Å²) in [6, 6.07) is 4.46. The maximum absolute atomic E-state index is 12.1. The van der Waals surface area contributed by atoms with E-state index in [0.29, 0.717) is 12.3 Å². The summed E-state index contributed by atoms with van der Waals surface area (Å²) in [7, 11) is 1.89. The van der Waals surface area contributed by atoms with E-state index in [4.69, 9.17) is 4.74 Å². The van der Waals surface area contributed by atoms with Gasteiger partial charge in [0, 0.05) is 32.0 Å². The molecule has 0 radical (unpaired) electrons. The van der Waals surface area contributed by atoms with Gasteiger partial charge in [-0.1, -0.05) is 0 Å². The second-order valence-corrected chi connectivity index (χ2v) is 7.18. The molecule has 1 amide bonds. The van der Waals surface area contributed by atoms with Crippen molar-refractivity contribution in [2.24, 2.45) is 0 Å². The van der Waals surface area contributed by atoms with Gasteiger partial charge in [0.05, 0.1) is 11.7 Å². The highest BCUT2D eigenvalue weighted by Crippen LogP contribution is 2.34. The normalized spacial score (nSPS) is 25.4. The lowest BCUT2D eigenvalue weighted by molar-refractivity contribution is -0.132. The number of likely N-dealkylation sites (tertiary alicyclic amines) is 1. The van der Waals surface area contributed by atoms with Crippen molar-refractivity contribution in [3.8, 4) is 0 Å². The minimum absolute atomic E-state index is 0.0472. The Morgan fingerprint density at radius 1 is 1.25 bits per heavy atom. The van der Waals surface area contributed by atoms with Crippen molar-refractivity contribution >= 4 is 16.8 Å². The highest BCUT2D eigenvalue weighted by Gasteiger charge is 2.27. The lowest BCUT2D eigenvalue weighted by atomic mass is 9.86. The van der Waals surface area contributed by atoms with E-state index in [1.165, 1.54) is 17.5 Å². The SMILES string of the molecule is Cc1cc2cnn(C3CCCCO3)c2cc1C1CCN(C)C(=O)C1. The summed E-state index contributed by atoms with van der Waals surface area (Å²) in [6.45, 7) is 3.80. The fourth-order valence-electron chi connectivity index (χ4n) is 4.02. The molecule has 0 N–H and O–H groups in total. The topological polar surface area (TPSA) is 47.4 Å². The Hall–Kier alpha value is -1.88. The number of benzene rings is 1. The standard InChI is InChI=1S/C19H25N3O2/c1-13-9-15-12-20-22(19-5-3-4-8-24-19)17(15)11-16(13)14-6-7-21(2)18(23)10-14/h9,11-12,14,19H,3-8,10H2,1-2H3. The third-order valence-electron chi connectivity index (χ3n) is 5.51. The van der Waals surface area contributed by atoms with E-state index in [1.54, 1.807) is 0 Å². The smallest absolute Gasteiger partial charge is 0.222 e. The number of aromatic nitrogens is 2. The number of ether oxygens (including phenoxy) is 1. The number of carbonyl (C=O) groups is 1. The number of hydrogen-bond acceptors (Lipinski definition) is 3. The fraction of sp³-hybridized carbons (Fsp3) is 0.579. The van der Waals surface area contributed by atoms with E-state index >= 15 is 0 Å². The van der Waals surface area contributed by atoms with E-state index in [-0.39, 0.29) is 12.1 Å². The van der Waals surface area contributed by atoms with Gasteiger partial charge in [0.1, 0.15) is 0 Å². The van der Waals surface area contributed by atoms with E-state index in [1.807, 2.05) is 22.8 Å². The first kappa shape index (κ1) is 15.6. The molecule has 4 rings (SSSR count). The predicted molar refractivity (Wildman–Crippen MR) is 92.9 cm³/mol. The number of fused-ring (bicyclic) bond motifs is 1. The van der Waals surface area contributed by atoms with Crippen LogP contribution < -0.4 is 0 Å². The molecule has 1 aromatic heterocycles. The molecule has 2 saturated heterocycles. The van der Waals surface area contributed by atoms with Gasteiger partial charge in [-0.25, -0.2) is 4.68 Å². The molecule has 0 aliphatic carbocycles. The molecular weight excluding hydrogens is 302 g/mol. The van der Waals surface area contributed by atoms with Crippen LogP contribution in [-0.4, -0.2) is 40.8 Å². The average Bonchev–Trinajstić information content (AvgIpc) is 3.00. The van der Waals surface area contributed by atoms with Crippen LogP contribution in [0.5, 0.6) is 0 Å². The summed E-state index contributed by atoms with van der Waals surface area (Å²) in [5.74, 6) is 0.559. The Morgan fingerprint density at radius 2 is 2.12 bits per heavy atom. The Morgan fingerprint density at radius 3 is 2.88 bits per heavy atom. The zero-order valence-electron chi connectivity index (χ0n) is 14.5. The molecule has 2 aliphatic rings. The molecular formula is C19H25N3O2. The molecule has 2 fully saturated rings. The first-order chi connectivity index (χ1) is 11.6. The largest absolute Gasteiger partial charge is 0.356 e. The molecule has 128 valence electrons. The van der Waals surface area contributed by atoms with Gasteiger partial charge >= 0.3 is 0 Å². The number of carbonyl (C=O) groups excluding carboxylic acids is 1. The van der Waals surface area contributed by atoms with Gasteiger partial charge in [-0.3, -0.25) is 4.79 Å². The number of aryl methyl sites for hydroxylation is 1. The second-order valence-electron chi connectivity index (χ2n) is 7.18. The molecule has 5 heteroatoms. The summed E-state index contributed by atoms with van der Waals surface area (Å²) >= 11 is 0. The van der Waals surface area contributed by atoms with Crippen LogP contribution in [0.3, 0.4) is 0 Å². The van der Waals surface area contributed by atoms with E-state index < -0.39 is 0 Å². The Balaban J connectivity index is 1.71. The van der Waals surface area contributed by atoms with Gasteiger partial charge in [0.15, 0.2) is 6.23 Å². The van der Waals surface area contributed by atoms with Crippen LogP contribution in [0.2, 0.25) is 0 Å². The van der Waals surface area contributed by atoms with Crippen molar-refractivity contribution in [2.75, 3.05) is 20.2 Å². The molecule has 2 aliphatic heterocycles. The minimum Gasteiger partial charge on any atom is -0.356 e. The third-order valence-corrected chi connectivity index (χ3v) is 5.51. The van der Waals surface area contributed by atoms with Gasteiger partial charge in [-0.15, -0.1) is 0 Å². The van der Waals surface area contributed by atoms with Crippen LogP contribution in [0, 0.1) is 6.92 Å². The van der Waals surface area contributed by atoms with Gasteiger partial charge in [-0.05, 0) is 61.8 Å². The zero-order chi connectivity index (χ0) is 16.7. The fourth-order valence-corrected chi connectivity index (χ4v) is 4.02. The number of rotatable bonds is 2. The minimum atomic E-state index is 0.0472. The molecule has 24 heavy (non-hydrogen) atoms. The zero-order valence-corrected chi connectivity index (χ0v) is 14.5. The van der Waals surface area contributed by atoms with Crippen LogP contribution in [0.1, 0.15) is 55.4 Å². The molecule has 0 spiro atoms. The van der Waals surface area contributed by atoms with Crippen LogP contribution in [0.25, 0.3) is 10.9 Å². The highest BCUT2D eigenvalue weighted by atomic mass is 16.5. The van der Waals surface area contributed by atoms with Crippen molar-refractivity contribution in [2.45, 2.75) is 51.2 Å². The van der Waals surface area contributed by atoms with Gasteiger partial charge < -0.3 is 9.64 Å². The van der Waals surface area contributed by atoms with Gasteiger partial charge in [-0.2, -0.15) is 5.10 Å². The molecule has 5 nitrogen and oxygen atoms in total. The quantitative estimate of drug-likeness (QED) is 0.849. The van der Waals surface area contributed by atoms with Crippen molar-refractivity contribution in [1.82, 2.24) is 14.7 Å². The van der Waals surface area contributed by atoms with Crippen molar-refractivity contribution < 1.29 is 9.53 Å². The first-order valence-electron chi connectivity index (χ1n) is 8.97. The summed E-state index contributed by atoms with van der Waals surface area (Å²) in [4.78, 5) is 13.9. The lowest BCUT2D eigenvalue weighted by Gasteiger charge is -2.30. The molecule has 0 saturated carbocycles. The molecule has 3 heterocycles. The van der Waals surface area contributed by atoms with E-state index in [9.17, 15) is 4.79 Å². The average molecular weight is 327 g/mol. The van der Waals surface area contributed by atoms with Gasteiger partial charge in [0.25, 0.3) is 0 Å². The van der Waals surface area contributed by atoms with Gasteiger partial charge in [0.2, 0.25) is 5.91 Å². The van der Waals surface area contributed by atoms with Crippen LogP contribution in [0.4, 0.5) is 0 Å². The first-order valence-corrected chi connectivity index (χ1v) is 8.97. The monoisotopic (exact) mass is 327 g/mol. The summed E-state index contributed by atoms with van der Waals surface area (Å²) in [5, 5.41) is 5.75. The van der Waals surface area contributed by atoms with Crippen molar-refractivity contribution in [3.63, 3.8) is 0 Å². The lowest BCUT2D eigenvalue weighted by Crippen LogP contribution is -2.34. The number of hydrogen-bond donors (Lipinski definition) is 0. The van der Waals surface area contributed by atoms with Crippen molar-refractivity contribution in [3.05, 3.63) is 29.5 Å². The summed E-state index contributed by atoms with van der Waals surface area (Å²) in [5.41, 5.74) is 3.68. The third kappa shape index (κ3) is 2.71. The molecule has 0 bridgehead atoms. The molecule has 2 aromatic rings. The molecule has 2 unspecified atom stereocenters. The van der Waals surface area contributed by atoms with Crippen molar-refractivity contribution in [1.29, 1.82) is 0 Å². The summed E-state index contributed by atoms with van der Waals surface area (Å²) < 4.78 is 7.95. The highest BCUT2D eigenvalue weighted by molar-refractivity contribution is 5.82. The second kappa shape index (κ2) is 6.20. The Kier molecular flexibility index (Phi) is 4.04. The van der Waals surface area contributed by atoms with Crippen LogP contribution >= 0.6 is 0 Å². The van der Waals surface area contributed by atoms with E-state index in [0.717, 1.165) is 43.3 Å². The van der Waals surface area contributed by atoms with E-state index in [2.05, 4.69) is 24.2 Å². The van der Waals surface area contributed by atoms with Crippen LogP contribution in [-0.2, 0) is 9.53 Å². The molecule has 1 aromatic carbocycles. The van der Waals surface area contributed by atoms with Crippen LogP contribution in [0.15, 0.2) is 18.3 Å². The summed E-state index contributed by atoms with van der Waals surface area (Å²) in [6.07, 6.45) is 6.97. The maximum atomic E-state index is 12.1. The number of piperidine rings is 1. The predicted octanol–water partition coefficient (Wildman–Crippen LogP) is 3.38. The molecule has 2 atom stereocenters. The number of nitrogens with zero attached hydrogens (tertiary/aromatic N) is 3.